The van der Waals surface area contributed by atoms with Crippen molar-refractivity contribution in [3.63, 3.8) is 0 Å². The molecule has 0 aromatic carbocycles. The third kappa shape index (κ3) is 3.97. The second-order valence-corrected chi connectivity index (χ2v) is 2.90. The molecule has 0 aliphatic heterocycles. The minimum absolute atomic E-state index is 0.473. The molecule has 0 amide bonds. The van der Waals surface area contributed by atoms with Crippen LogP contribution in [0.5, 0.6) is 0 Å². The molecule has 11 heavy (non-hydrogen) atoms. The quantitative estimate of drug-likeness (QED) is 0.399. The molecule has 0 bridgehead atoms. The Labute approximate surface area is 74.0 Å². The van der Waals surface area contributed by atoms with Crippen molar-refractivity contribution in [3.05, 3.63) is 16.9 Å². The highest BCUT2D eigenvalue weighted by molar-refractivity contribution is 7.80. The van der Waals surface area contributed by atoms with Gasteiger partial charge in [-0.1, -0.05) is 26.1 Å². The molecule has 0 radical (unpaired) electrons. The average molecular weight is 169 g/mol. The standard InChI is InChI=1S/C9H15NS/c1-4-7(3)6-8(5-2)9(10)11/h4-5H2,1-3H3,(H2,10,11). The van der Waals surface area contributed by atoms with Crippen LogP contribution in [0.15, 0.2) is 16.9 Å². The molecule has 0 heterocycles. The molecule has 0 unspecified atom stereocenters. The van der Waals surface area contributed by atoms with E-state index in [-0.39, 0.29) is 0 Å². The maximum Gasteiger partial charge on any atom is 0.107 e. The Morgan fingerprint density at radius 1 is 1.36 bits per heavy atom. The fraction of sp³-hybridized carbons (Fsp3) is 0.556. The first-order valence-corrected chi connectivity index (χ1v) is 4.27. The molecule has 0 aliphatic carbocycles. The third-order valence-corrected chi connectivity index (χ3v) is 1.79. The van der Waals surface area contributed by atoms with E-state index >= 15 is 0 Å². The van der Waals surface area contributed by atoms with Gasteiger partial charge in [0.2, 0.25) is 0 Å². The number of hydrogen-bond acceptors (Lipinski definition) is 1. The van der Waals surface area contributed by atoms with Crippen LogP contribution in [-0.4, -0.2) is 4.99 Å². The Morgan fingerprint density at radius 3 is 2.18 bits per heavy atom. The molecule has 0 saturated carbocycles. The van der Waals surface area contributed by atoms with Crippen LogP contribution in [0.1, 0.15) is 33.6 Å². The van der Waals surface area contributed by atoms with Gasteiger partial charge in [-0.25, -0.2) is 0 Å². The van der Waals surface area contributed by atoms with Crippen molar-refractivity contribution in [2.24, 2.45) is 5.73 Å². The molecule has 0 aliphatic rings. The zero-order valence-electron chi connectivity index (χ0n) is 7.40. The van der Waals surface area contributed by atoms with Crippen molar-refractivity contribution in [1.82, 2.24) is 0 Å². The van der Waals surface area contributed by atoms with E-state index in [4.69, 9.17) is 18.0 Å². The van der Waals surface area contributed by atoms with E-state index in [1.165, 1.54) is 5.57 Å². The van der Waals surface area contributed by atoms with Gasteiger partial charge in [0.1, 0.15) is 4.99 Å². The smallest absolute Gasteiger partial charge is 0.107 e. The predicted octanol–water partition coefficient (Wildman–Crippen LogP) is 2.56. The first-order valence-electron chi connectivity index (χ1n) is 3.86. The summed E-state index contributed by atoms with van der Waals surface area (Å²) in [6, 6.07) is 0. The number of hydrogen-bond donors (Lipinski definition) is 1. The minimum atomic E-state index is 0.473. The Morgan fingerprint density at radius 2 is 1.91 bits per heavy atom. The first kappa shape index (κ1) is 10.4. The summed E-state index contributed by atoms with van der Waals surface area (Å²) in [5.41, 5.74) is 10.8. The van der Waals surface area contributed by atoms with Gasteiger partial charge in [-0.2, -0.15) is 0 Å². The lowest BCUT2D eigenvalue weighted by atomic mass is 10.1. The molecule has 1 nitrogen and oxygen atoms in total. The summed E-state index contributed by atoms with van der Waals surface area (Å²) in [4.78, 5) is 0.473. The highest BCUT2D eigenvalue weighted by Gasteiger charge is 1.94. The second-order valence-electron chi connectivity index (χ2n) is 2.46. The van der Waals surface area contributed by atoms with Gasteiger partial charge in [0.05, 0.1) is 0 Å². The normalized spacial score (nSPS) is 8.64. The number of nitrogens with two attached hydrogens (primary N) is 1. The molecule has 0 atom stereocenters. The van der Waals surface area contributed by atoms with E-state index in [1.54, 1.807) is 0 Å². The molecule has 0 aromatic heterocycles. The van der Waals surface area contributed by atoms with Crippen molar-refractivity contribution in [1.29, 1.82) is 0 Å². The maximum absolute atomic E-state index is 5.47. The highest BCUT2D eigenvalue weighted by Crippen LogP contribution is 2.03. The largest absolute Gasteiger partial charge is 0.389 e. The lowest BCUT2D eigenvalue weighted by Crippen LogP contribution is -2.09. The molecular formula is C9H15NS. The fourth-order valence-electron chi connectivity index (χ4n) is 0.670. The van der Waals surface area contributed by atoms with E-state index in [2.05, 4.69) is 12.7 Å². The summed E-state index contributed by atoms with van der Waals surface area (Å²) >= 11 is 4.85. The molecule has 2 heteroatoms. The molecule has 2 N–H and O–H groups in total. The minimum Gasteiger partial charge on any atom is -0.389 e. The van der Waals surface area contributed by atoms with E-state index in [0.717, 1.165) is 18.4 Å². The monoisotopic (exact) mass is 169 g/mol. The van der Waals surface area contributed by atoms with Crippen LogP contribution >= 0.6 is 12.2 Å². The lowest BCUT2D eigenvalue weighted by molar-refractivity contribution is 1.09. The Bertz CT molecular complexity index is 210. The van der Waals surface area contributed by atoms with Gasteiger partial charge < -0.3 is 5.73 Å². The van der Waals surface area contributed by atoms with Crippen LogP contribution in [0.25, 0.3) is 0 Å². The average Bonchev–Trinajstić information content (AvgIpc) is 1.99. The predicted molar refractivity (Wildman–Crippen MR) is 53.6 cm³/mol. The zero-order chi connectivity index (χ0) is 8.85. The van der Waals surface area contributed by atoms with Crippen LogP contribution in [-0.2, 0) is 0 Å². The number of rotatable bonds is 3. The van der Waals surface area contributed by atoms with Crippen molar-refractivity contribution in [3.8, 4) is 0 Å². The van der Waals surface area contributed by atoms with E-state index in [0.29, 0.717) is 4.99 Å². The van der Waals surface area contributed by atoms with Gasteiger partial charge in [0.25, 0.3) is 0 Å². The summed E-state index contributed by atoms with van der Waals surface area (Å²) in [5.74, 6) is 0. The molecule has 0 spiro atoms. The Hall–Kier alpha value is -0.590. The zero-order valence-corrected chi connectivity index (χ0v) is 8.22. The molecule has 0 fully saturated rings. The van der Waals surface area contributed by atoms with Gasteiger partial charge >= 0.3 is 0 Å². The Balaban J connectivity index is 4.73. The van der Waals surface area contributed by atoms with Crippen molar-refractivity contribution in [2.75, 3.05) is 0 Å². The van der Waals surface area contributed by atoms with Crippen LogP contribution in [0.3, 0.4) is 0 Å². The third-order valence-electron chi connectivity index (χ3n) is 1.55. The van der Waals surface area contributed by atoms with Gasteiger partial charge in [-0.05, 0) is 25.3 Å². The lowest BCUT2D eigenvalue weighted by Gasteiger charge is -1.96. The summed E-state index contributed by atoms with van der Waals surface area (Å²) in [7, 11) is 0. The van der Waals surface area contributed by atoms with Gasteiger partial charge in [-0.3, -0.25) is 0 Å². The molecule has 0 aromatic rings. The highest BCUT2D eigenvalue weighted by atomic mass is 32.1. The van der Waals surface area contributed by atoms with Crippen LogP contribution < -0.4 is 5.73 Å². The SMILES string of the molecule is CCC(C)=C=C(CC)C(N)=S. The fourth-order valence-corrected chi connectivity index (χ4v) is 0.866. The van der Waals surface area contributed by atoms with Crippen molar-refractivity contribution >= 4 is 17.2 Å². The molecule has 0 rings (SSSR count). The van der Waals surface area contributed by atoms with Crippen LogP contribution in [0.2, 0.25) is 0 Å². The molecular weight excluding hydrogens is 154 g/mol. The molecule has 62 valence electrons. The van der Waals surface area contributed by atoms with E-state index in [1.807, 2.05) is 13.8 Å². The molecule has 0 saturated heterocycles. The first-order chi connectivity index (χ1) is 5.11. The van der Waals surface area contributed by atoms with Crippen LogP contribution in [0, 0.1) is 0 Å². The van der Waals surface area contributed by atoms with Gasteiger partial charge in [0.15, 0.2) is 0 Å². The van der Waals surface area contributed by atoms with Crippen molar-refractivity contribution in [2.45, 2.75) is 33.6 Å². The van der Waals surface area contributed by atoms with E-state index < -0.39 is 0 Å². The summed E-state index contributed by atoms with van der Waals surface area (Å²) in [5, 5.41) is 0. The van der Waals surface area contributed by atoms with E-state index in [9.17, 15) is 0 Å². The Kier molecular flexibility index (Phi) is 4.84. The summed E-state index contributed by atoms with van der Waals surface area (Å²) < 4.78 is 0. The van der Waals surface area contributed by atoms with Gasteiger partial charge in [0, 0.05) is 5.57 Å². The number of thiocarbonyl (C=S) groups is 1. The maximum atomic E-state index is 5.47. The summed E-state index contributed by atoms with van der Waals surface area (Å²) in [6.07, 6.45) is 1.87. The topological polar surface area (TPSA) is 26.0 Å². The van der Waals surface area contributed by atoms with Crippen LogP contribution in [0.4, 0.5) is 0 Å². The van der Waals surface area contributed by atoms with Gasteiger partial charge in [-0.15, -0.1) is 5.73 Å². The van der Waals surface area contributed by atoms with Crippen molar-refractivity contribution < 1.29 is 0 Å². The summed E-state index contributed by atoms with van der Waals surface area (Å²) in [6.45, 7) is 6.16. The second kappa shape index (κ2) is 5.11.